The van der Waals surface area contributed by atoms with Crippen LogP contribution in [-0.2, 0) is 0 Å². The first-order chi connectivity index (χ1) is 14.1. The van der Waals surface area contributed by atoms with E-state index in [4.69, 9.17) is 0 Å². The van der Waals surface area contributed by atoms with Gasteiger partial charge in [-0.1, -0.05) is 12.1 Å². The van der Waals surface area contributed by atoms with E-state index in [1.807, 2.05) is 60.3 Å². The van der Waals surface area contributed by atoms with E-state index in [0.29, 0.717) is 16.8 Å². The molecule has 0 aliphatic carbocycles. The predicted octanol–water partition coefficient (Wildman–Crippen LogP) is 4.29. The van der Waals surface area contributed by atoms with Crippen LogP contribution in [0.25, 0.3) is 5.69 Å². The molecule has 1 saturated heterocycles. The third kappa shape index (κ3) is 4.06. The molecule has 1 amide bonds. The van der Waals surface area contributed by atoms with Gasteiger partial charge in [-0.15, -0.1) is 0 Å². The Balaban J connectivity index is 1.50. The number of hydrogen-bond acceptors (Lipinski definition) is 3. The molecule has 2 aromatic carbocycles. The van der Waals surface area contributed by atoms with Gasteiger partial charge in [-0.25, -0.2) is 9.82 Å². The van der Waals surface area contributed by atoms with E-state index < -0.39 is 0 Å². The number of carbonyl (C=O) groups is 1. The molecule has 6 heteroatoms. The van der Waals surface area contributed by atoms with Crippen molar-refractivity contribution in [2.24, 2.45) is 5.10 Å². The van der Waals surface area contributed by atoms with Crippen molar-refractivity contribution in [3.8, 4) is 5.69 Å². The van der Waals surface area contributed by atoms with Gasteiger partial charge in [0.1, 0.15) is 5.82 Å². The van der Waals surface area contributed by atoms with Crippen LogP contribution in [0.3, 0.4) is 0 Å². The van der Waals surface area contributed by atoms with Gasteiger partial charge in [-0.05, 0) is 61.7 Å². The standard InChI is InChI=1S/C23H23FN4O/c1-17-14-22(28-12-6-7-13-28)20(24)15-18(17)16-25-26-23(29)19-8-2-3-9-21(19)27-10-4-5-11-27/h2-5,8-11,14-16H,6-7,12-13H2,1H3,(H,26,29)/b25-16-. The fraction of sp³-hybridized carbons (Fsp3) is 0.217. The number of aromatic nitrogens is 1. The van der Waals surface area contributed by atoms with Crippen LogP contribution >= 0.6 is 0 Å². The lowest BCUT2D eigenvalue weighted by atomic mass is 10.1. The summed E-state index contributed by atoms with van der Waals surface area (Å²) in [6, 6.07) is 14.4. The largest absolute Gasteiger partial charge is 0.369 e. The zero-order valence-corrected chi connectivity index (χ0v) is 16.3. The number of nitrogens with one attached hydrogen (secondary N) is 1. The Bertz CT molecular complexity index is 1040. The molecule has 1 aromatic heterocycles. The van der Waals surface area contributed by atoms with Crippen LogP contribution < -0.4 is 10.3 Å². The van der Waals surface area contributed by atoms with E-state index in [1.165, 1.54) is 12.3 Å². The van der Waals surface area contributed by atoms with Crippen LogP contribution in [0.1, 0.15) is 34.3 Å². The molecule has 3 aromatic rings. The Kier molecular flexibility index (Phi) is 5.42. The molecule has 1 fully saturated rings. The molecule has 0 unspecified atom stereocenters. The second kappa shape index (κ2) is 8.31. The molecule has 0 saturated carbocycles. The molecule has 5 nitrogen and oxygen atoms in total. The van der Waals surface area contributed by atoms with E-state index in [1.54, 1.807) is 6.07 Å². The molecule has 1 aliphatic heterocycles. The topological polar surface area (TPSA) is 49.6 Å². The number of benzene rings is 2. The van der Waals surface area contributed by atoms with Crippen molar-refractivity contribution in [2.75, 3.05) is 18.0 Å². The summed E-state index contributed by atoms with van der Waals surface area (Å²) in [5.41, 5.74) is 6.02. The smallest absolute Gasteiger partial charge is 0.273 e. The highest BCUT2D eigenvalue weighted by Crippen LogP contribution is 2.26. The van der Waals surface area contributed by atoms with Crippen molar-refractivity contribution >= 4 is 17.8 Å². The Morgan fingerprint density at radius 3 is 2.55 bits per heavy atom. The molecule has 0 atom stereocenters. The fourth-order valence-electron chi connectivity index (χ4n) is 3.63. The van der Waals surface area contributed by atoms with Gasteiger partial charge < -0.3 is 9.47 Å². The van der Waals surface area contributed by atoms with Gasteiger partial charge in [0.25, 0.3) is 5.91 Å². The molecule has 4 rings (SSSR count). The molecular formula is C23H23FN4O. The number of hydrogen-bond donors (Lipinski definition) is 1. The zero-order chi connectivity index (χ0) is 20.2. The highest BCUT2D eigenvalue weighted by Gasteiger charge is 2.17. The number of nitrogens with zero attached hydrogens (tertiary/aromatic N) is 3. The third-order valence-electron chi connectivity index (χ3n) is 5.18. The first-order valence-electron chi connectivity index (χ1n) is 9.74. The van der Waals surface area contributed by atoms with E-state index in [2.05, 4.69) is 15.4 Å². The predicted molar refractivity (Wildman–Crippen MR) is 113 cm³/mol. The van der Waals surface area contributed by atoms with E-state index >= 15 is 0 Å². The summed E-state index contributed by atoms with van der Waals surface area (Å²) >= 11 is 0. The lowest BCUT2D eigenvalue weighted by Gasteiger charge is -2.19. The van der Waals surface area contributed by atoms with E-state index in [-0.39, 0.29) is 11.7 Å². The summed E-state index contributed by atoms with van der Waals surface area (Å²) in [5, 5.41) is 4.06. The number of aryl methyl sites for hydroxylation is 1. The summed E-state index contributed by atoms with van der Waals surface area (Å²) in [7, 11) is 0. The molecule has 0 bridgehead atoms. The van der Waals surface area contributed by atoms with Crippen molar-refractivity contribution in [3.63, 3.8) is 0 Å². The summed E-state index contributed by atoms with van der Waals surface area (Å²) in [6.07, 6.45) is 7.44. The lowest BCUT2D eigenvalue weighted by molar-refractivity contribution is 0.0955. The maximum absolute atomic E-state index is 14.5. The van der Waals surface area contributed by atoms with Gasteiger partial charge in [0.15, 0.2) is 0 Å². The van der Waals surface area contributed by atoms with Crippen molar-refractivity contribution in [2.45, 2.75) is 19.8 Å². The first kappa shape index (κ1) is 18.9. The SMILES string of the molecule is Cc1cc(N2CCCC2)c(F)cc1/C=N\NC(=O)c1ccccc1-n1cccc1. The van der Waals surface area contributed by atoms with Crippen LogP contribution in [0.2, 0.25) is 0 Å². The molecular weight excluding hydrogens is 367 g/mol. The van der Waals surface area contributed by atoms with Crippen molar-refractivity contribution in [1.82, 2.24) is 9.99 Å². The lowest BCUT2D eigenvalue weighted by Crippen LogP contribution is -2.20. The van der Waals surface area contributed by atoms with Crippen LogP contribution in [0, 0.1) is 12.7 Å². The highest BCUT2D eigenvalue weighted by atomic mass is 19.1. The summed E-state index contributed by atoms with van der Waals surface area (Å²) in [4.78, 5) is 14.7. The summed E-state index contributed by atoms with van der Waals surface area (Å²) < 4.78 is 16.4. The third-order valence-corrected chi connectivity index (χ3v) is 5.18. The highest BCUT2D eigenvalue weighted by molar-refractivity contribution is 5.98. The van der Waals surface area contributed by atoms with Gasteiger partial charge >= 0.3 is 0 Å². The van der Waals surface area contributed by atoms with Crippen LogP contribution in [0.5, 0.6) is 0 Å². The van der Waals surface area contributed by atoms with Crippen LogP contribution in [0.15, 0.2) is 66.0 Å². The Morgan fingerprint density at radius 1 is 1.07 bits per heavy atom. The van der Waals surface area contributed by atoms with E-state index in [9.17, 15) is 9.18 Å². The number of carbonyl (C=O) groups excluding carboxylic acids is 1. The summed E-state index contributed by atoms with van der Waals surface area (Å²) in [5.74, 6) is -0.583. The number of para-hydroxylation sites is 1. The average molecular weight is 390 g/mol. The van der Waals surface area contributed by atoms with Gasteiger partial charge in [-0.2, -0.15) is 5.10 Å². The molecule has 0 spiro atoms. The van der Waals surface area contributed by atoms with Gasteiger partial charge in [0, 0.05) is 31.0 Å². The fourth-order valence-corrected chi connectivity index (χ4v) is 3.63. The molecule has 148 valence electrons. The number of anilines is 1. The van der Waals surface area contributed by atoms with Crippen molar-refractivity contribution in [3.05, 3.63) is 83.4 Å². The minimum absolute atomic E-state index is 0.261. The molecule has 2 heterocycles. The zero-order valence-electron chi connectivity index (χ0n) is 16.3. The molecule has 29 heavy (non-hydrogen) atoms. The molecule has 1 aliphatic rings. The van der Waals surface area contributed by atoms with Crippen molar-refractivity contribution in [1.29, 1.82) is 0 Å². The van der Waals surface area contributed by atoms with Gasteiger partial charge in [0.2, 0.25) is 0 Å². The molecule has 0 radical (unpaired) electrons. The monoisotopic (exact) mass is 390 g/mol. The van der Waals surface area contributed by atoms with Crippen LogP contribution in [0.4, 0.5) is 10.1 Å². The van der Waals surface area contributed by atoms with Gasteiger partial charge in [-0.3, -0.25) is 4.79 Å². The number of halogens is 1. The van der Waals surface area contributed by atoms with E-state index in [0.717, 1.165) is 37.2 Å². The maximum Gasteiger partial charge on any atom is 0.273 e. The number of hydrazone groups is 1. The first-order valence-corrected chi connectivity index (χ1v) is 9.74. The maximum atomic E-state index is 14.5. The quantitative estimate of drug-likeness (QED) is 0.522. The van der Waals surface area contributed by atoms with Crippen LogP contribution in [-0.4, -0.2) is 29.8 Å². The second-order valence-electron chi connectivity index (χ2n) is 7.16. The average Bonchev–Trinajstić information content (AvgIpc) is 3.44. The number of amides is 1. The Morgan fingerprint density at radius 2 is 1.79 bits per heavy atom. The second-order valence-corrected chi connectivity index (χ2v) is 7.16. The minimum Gasteiger partial charge on any atom is -0.369 e. The molecule has 1 N–H and O–H groups in total. The van der Waals surface area contributed by atoms with Crippen molar-refractivity contribution < 1.29 is 9.18 Å². The Labute approximate surface area is 169 Å². The number of rotatable bonds is 5. The summed E-state index contributed by atoms with van der Waals surface area (Å²) in [6.45, 7) is 3.70. The van der Waals surface area contributed by atoms with Gasteiger partial charge in [0.05, 0.1) is 23.2 Å². The Hall–Kier alpha value is -3.41. The normalized spacial score (nSPS) is 13.9. The minimum atomic E-state index is -0.322.